The smallest absolute Gasteiger partial charge is 0.264 e. The van der Waals surface area contributed by atoms with E-state index < -0.39 is 29.8 Å². The Bertz CT molecular complexity index is 1410. The van der Waals surface area contributed by atoms with E-state index in [0.717, 1.165) is 4.90 Å². The van der Waals surface area contributed by atoms with E-state index in [4.69, 9.17) is 55.9 Å². The summed E-state index contributed by atoms with van der Waals surface area (Å²) in [5.74, 6) is -0.689. The summed E-state index contributed by atoms with van der Waals surface area (Å²) in [5.41, 5.74) is 0.923. The lowest BCUT2D eigenvalue weighted by atomic mass is 9.86. The van der Waals surface area contributed by atoms with E-state index >= 15 is 0 Å². The van der Waals surface area contributed by atoms with Crippen molar-refractivity contribution in [1.29, 1.82) is 0 Å². The quantitative estimate of drug-likeness (QED) is 0.130. The summed E-state index contributed by atoms with van der Waals surface area (Å²) in [7, 11) is 0. The lowest BCUT2D eigenvalue weighted by Gasteiger charge is -2.49. The van der Waals surface area contributed by atoms with Gasteiger partial charge in [0, 0.05) is 5.69 Å². The third-order valence-electron chi connectivity index (χ3n) is 6.44. The molecule has 196 valence electrons. The highest BCUT2D eigenvalue weighted by Gasteiger charge is 2.58. The molecule has 0 spiro atoms. The van der Waals surface area contributed by atoms with Crippen LogP contribution < -0.4 is 14.4 Å². The number of rotatable bonds is 7. The maximum atomic E-state index is 13.7. The molecule has 3 aromatic carbocycles. The molecule has 0 unspecified atom stereocenters. The molecule has 2 aliphatic heterocycles. The zero-order valence-electron chi connectivity index (χ0n) is 20.1. The van der Waals surface area contributed by atoms with Crippen LogP contribution in [-0.2, 0) is 4.79 Å². The average molecular weight is 594 g/mol. The number of imide groups is 1. The molecule has 2 atom stereocenters. The Morgan fingerprint density at radius 1 is 0.632 bits per heavy atom. The van der Waals surface area contributed by atoms with Crippen LogP contribution in [-0.4, -0.2) is 41.9 Å². The monoisotopic (exact) mass is 592 g/mol. The third kappa shape index (κ3) is 4.09. The Kier molecular flexibility index (Phi) is 7.22. The second-order valence-corrected chi connectivity index (χ2v) is 10.0. The third-order valence-corrected chi connectivity index (χ3v) is 8.24. The molecule has 2 aliphatic rings. The summed E-state index contributed by atoms with van der Waals surface area (Å²) < 4.78 is 11.1. The zero-order valence-corrected chi connectivity index (χ0v) is 23.2. The summed E-state index contributed by atoms with van der Waals surface area (Å²) in [4.78, 5) is 43.2. The number of fused-ring (bicyclic) bond motifs is 1. The van der Waals surface area contributed by atoms with Crippen molar-refractivity contribution in [2.45, 2.75) is 25.9 Å². The number of carbonyl (C=O) groups is 3. The first-order chi connectivity index (χ1) is 18.2. The predicted octanol–water partition coefficient (Wildman–Crippen LogP) is 6.85. The minimum absolute atomic E-state index is 0.140. The highest BCUT2D eigenvalue weighted by atomic mass is 35.5. The number of carbonyl (C=O) groups excluding carboxylic acids is 3. The molecule has 1 fully saturated rings. The van der Waals surface area contributed by atoms with Crippen LogP contribution in [0.5, 0.6) is 11.5 Å². The zero-order chi connectivity index (χ0) is 27.3. The van der Waals surface area contributed by atoms with Crippen LogP contribution in [0.1, 0.15) is 46.2 Å². The predicted molar refractivity (Wildman–Crippen MR) is 146 cm³/mol. The maximum Gasteiger partial charge on any atom is 0.264 e. The first kappa shape index (κ1) is 26.6. The fraction of sp³-hybridized carbons (Fsp3) is 0.222. The molecule has 5 rings (SSSR count). The van der Waals surface area contributed by atoms with E-state index in [1.54, 1.807) is 48.5 Å². The number of nitrogens with zero attached hydrogens (tertiary/aromatic N) is 2. The lowest BCUT2D eigenvalue weighted by molar-refractivity contribution is -0.130. The number of anilines is 1. The summed E-state index contributed by atoms with van der Waals surface area (Å²) in [6.45, 7) is 4.74. The van der Waals surface area contributed by atoms with Crippen LogP contribution >= 0.6 is 46.4 Å². The van der Waals surface area contributed by atoms with Crippen LogP contribution in [0.2, 0.25) is 20.1 Å². The molecule has 3 aromatic rings. The van der Waals surface area contributed by atoms with Crippen molar-refractivity contribution in [3.8, 4) is 11.5 Å². The highest BCUT2D eigenvalue weighted by Crippen LogP contribution is 2.49. The molecule has 38 heavy (non-hydrogen) atoms. The normalized spacial score (nSPS) is 18.5. The van der Waals surface area contributed by atoms with Crippen molar-refractivity contribution in [2.75, 3.05) is 18.1 Å². The van der Waals surface area contributed by atoms with Crippen LogP contribution in [0.15, 0.2) is 48.5 Å². The number of β-lactam (4-membered cyclic amide) rings is 1. The minimum Gasteiger partial charge on any atom is -0.494 e. The second-order valence-electron chi connectivity index (χ2n) is 8.51. The van der Waals surface area contributed by atoms with Crippen LogP contribution in [0.25, 0.3) is 0 Å². The Labute approximate surface area is 238 Å². The summed E-state index contributed by atoms with van der Waals surface area (Å²) in [5, 5.41) is -0.660. The van der Waals surface area contributed by atoms with Crippen LogP contribution in [0.3, 0.4) is 0 Å². The van der Waals surface area contributed by atoms with Gasteiger partial charge in [0.25, 0.3) is 17.7 Å². The molecule has 0 aromatic heterocycles. The van der Waals surface area contributed by atoms with E-state index in [1.165, 1.54) is 4.90 Å². The number of ether oxygens (including phenoxy) is 2. The fourth-order valence-corrected chi connectivity index (χ4v) is 5.78. The molecule has 2 heterocycles. The average Bonchev–Trinajstić information content (AvgIpc) is 3.16. The maximum absolute atomic E-state index is 13.7. The fourth-order valence-electron chi connectivity index (χ4n) is 4.76. The number of benzene rings is 3. The highest BCUT2D eigenvalue weighted by molar-refractivity contribution is 6.55. The molecule has 0 radical (unpaired) electrons. The standard InChI is InChI=1S/C27H20Cl4N2O5/c1-3-37-15-9-5-13(6-10-15)23-24(27(36)32(23)14-7-11-16(12-8-14)38-4-2)33-25(34)17-18(26(33)35)20(29)22(31)21(30)19(17)28/h5-12,23-24H,3-4H2,1-2H3/t23-,24+/m0/s1. The van der Waals surface area contributed by atoms with Gasteiger partial charge in [0.2, 0.25) is 0 Å². The van der Waals surface area contributed by atoms with Gasteiger partial charge in [0.15, 0.2) is 0 Å². The van der Waals surface area contributed by atoms with E-state index in [0.29, 0.717) is 36.0 Å². The van der Waals surface area contributed by atoms with Gasteiger partial charge in [-0.1, -0.05) is 58.5 Å². The van der Waals surface area contributed by atoms with Crippen molar-refractivity contribution >= 4 is 69.8 Å². The number of halogens is 4. The molecular formula is C27H20Cl4N2O5. The van der Waals surface area contributed by atoms with Gasteiger partial charge < -0.3 is 14.4 Å². The van der Waals surface area contributed by atoms with Crippen molar-refractivity contribution in [1.82, 2.24) is 4.90 Å². The number of hydrogen-bond donors (Lipinski definition) is 0. The van der Waals surface area contributed by atoms with Gasteiger partial charge in [0.1, 0.15) is 17.5 Å². The first-order valence-electron chi connectivity index (χ1n) is 11.7. The molecule has 7 nitrogen and oxygen atoms in total. The van der Waals surface area contributed by atoms with Gasteiger partial charge in [0.05, 0.1) is 50.5 Å². The van der Waals surface area contributed by atoms with E-state index in [2.05, 4.69) is 0 Å². The lowest BCUT2D eigenvalue weighted by Crippen LogP contribution is -2.67. The topological polar surface area (TPSA) is 76.2 Å². The molecule has 0 N–H and O–H groups in total. The van der Waals surface area contributed by atoms with Crippen LogP contribution in [0.4, 0.5) is 5.69 Å². The Morgan fingerprint density at radius 2 is 1.08 bits per heavy atom. The van der Waals surface area contributed by atoms with Crippen molar-refractivity contribution in [3.63, 3.8) is 0 Å². The molecule has 3 amide bonds. The number of amides is 3. The first-order valence-corrected chi connectivity index (χ1v) is 13.2. The molecule has 11 heteroatoms. The SMILES string of the molecule is CCOc1ccc([C@H]2[C@@H](N3C(=O)c4c(Cl)c(Cl)c(Cl)c(Cl)c4C3=O)C(=O)N2c2ccc(OCC)cc2)cc1. The number of hydrogen-bond acceptors (Lipinski definition) is 5. The Morgan fingerprint density at radius 3 is 1.53 bits per heavy atom. The van der Waals surface area contributed by atoms with Crippen molar-refractivity contribution in [3.05, 3.63) is 85.3 Å². The molecule has 0 saturated carbocycles. The van der Waals surface area contributed by atoms with E-state index in [9.17, 15) is 14.4 Å². The summed E-state index contributed by atoms with van der Waals surface area (Å²) in [6, 6.07) is 12.3. The van der Waals surface area contributed by atoms with Crippen molar-refractivity contribution < 1.29 is 23.9 Å². The Balaban J connectivity index is 1.58. The summed E-state index contributed by atoms with van der Waals surface area (Å²) >= 11 is 24.9. The summed E-state index contributed by atoms with van der Waals surface area (Å²) in [6.07, 6.45) is 0. The molecular weight excluding hydrogens is 574 g/mol. The van der Waals surface area contributed by atoms with Gasteiger partial charge in [-0.25, -0.2) is 0 Å². The van der Waals surface area contributed by atoms with E-state index in [1.807, 2.05) is 13.8 Å². The van der Waals surface area contributed by atoms with Gasteiger partial charge >= 0.3 is 0 Å². The molecule has 1 saturated heterocycles. The van der Waals surface area contributed by atoms with Gasteiger partial charge in [-0.05, 0) is 55.8 Å². The molecule has 0 bridgehead atoms. The largest absolute Gasteiger partial charge is 0.494 e. The van der Waals surface area contributed by atoms with Crippen LogP contribution in [0, 0.1) is 0 Å². The van der Waals surface area contributed by atoms with Crippen molar-refractivity contribution in [2.24, 2.45) is 0 Å². The van der Waals surface area contributed by atoms with Gasteiger partial charge in [-0.15, -0.1) is 0 Å². The van der Waals surface area contributed by atoms with E-state index in [-0.39, 0.29) is 31.2 Å². The second kappa shape index (κ2) is 10.3. The van der Waals surface area contributed by atoms with Gasteiger partial charge in [-0.3, -0.25) is 19.3 Å². The van der Waals surface area contributed by atoms with Gasteiger partial charge in [-0.2, -0.15) is 0 Å². The molecule has 0 aliphatic carbocycles. The minimum atomic E-state index is -1.16. The Hall–Kier alpha value is -2.97.